The summed E-state index contributed by atoms with van der Waals surface area (Å²) in [6.07, 6.45) is -3.68. The molecule has 0 bridgehead atoms. The second kappa shape index (κ2) is 5.95. The Labute approximate surface area is 129 Å². The normalized spacial score (nSPS) is 12.0. The van der Waals surface area contributed by atoms with E-state index in [4.69, 9.17) is 0 Å². The second-order valence-corrected chi connectivity index (χ2v) is 6.21. The zero-order chi connectivity index (χ0) is 17.3. The summed E-state index contributed by atoms with van der Waals surface area (Å²) in [5.74, 6) is -0.531. The first-order valence-corrected chi connectivity index (χ1v) is 7.63. The van der Waals surface area contributed by atoms with Crippen molar-refractivity contribution in [3.05, 3.63) is 52.4 Å². The summed E-state index contributed by atoms with van der Waals surface area (Å²) in [6, 6.07) is 5.06. The SMILES string of the molecule is Cc1cc(NS(=O)(=O)c2ccc(OC(F)(F)F)cc2)c[nH]c1=O. The van der Waals surface area contributed by atoms with Crippen LogP contribution in [0.2, 0.25) is 0 Å². The summed E-state index contributed by atoms with van der Waals surface area (Å²) in [5.41, 5.74) is 0.0680. The zero-order valence-corrected chi connectivity index (χ0v) is 12.5. The Bertz CT molecular complexity index is 858. The Kier molecular flexibility index (Phi) is 4.37. The molecule has 1 aromatic heterocycles. The van der Waals surface area contributed by atoms with Crippen LogP contribution in [0.15, 0.2) is 46.2 Å². The number of hydrogen-bond acceptors (Lipinski definition) is 4. The summed E-state index contributed by atoms with van der Waals surface area (Å²) in [5, 5.41) is 0. The number of H-pyrrole nitrogens is 1. The van der Waals surface area contributed by atoms with Crippen molar-refractivity contribution in [2.24, 2.45) is 0 Å². The van der Waals surface area contributed by atoms with Gasteiger partial charge >= 0.3 is 6.36 Å². The van der Waals surface area contributed by atoms with Crippen molar-refractivity contribution in [2.45, 2.75) is 18.2 Å². The lowest BCUT2D eigenvalue weighted by atomic mass is 10.3. The van der Waals surface area contributed by atoms with Gasteiger partial charge in [-0.2, -0.15) is 0 Å². The summed E-state index contributed by atoms with van der Waals surface area (Å²) in [6.45, 7) is 1.50. The lowest BCUT2D eigenvalue weighted by Crippen LogP contribution is -2.18. The van der Waals surface area contributed by atoms with Crippen LogP contribution in [-0.2, 0) is 10.0 Å². The van der Waals surface area contributed by atoms with Crippen LogP contribution in [0.3, 0.4) is 0 Å². The molecule has 1 heterocycles. The minimum atomic E-state index is -4.86. The van der Waals surface area contributed by atoms with Gasteiger partial charge in [-0.25, -0.2) is 8.42 Å². The van der Waals surface area contributed by atoms with Crippen LogP contribution in [0.5, 0.6) is 5.75 Å². The number of pyridine rings is 1. The fourth-order valence-electron chi connectivity index (χ4n) is 1.69. The minimum Gasteiger partial charge on any atom is -0.406 e. The molecule has 0 fully saturated rings. The number of rotatable bonds is 4. The van der Waals surface area contributed by atoms with Gasteiger partial charge in [0.05, 0.1) is 10.6 Å². The van der Waals surface area contributed by atoms with Gasteiger partial charge < -0.3 is 9.72 Å². The molecule has 0 saturated carbocycles. The molecule has 0 spiro atoms. The Morgan fingerprint density at radius 2 is 1.78 bits per heavy atom. The highest BCUT2D eigenvalue weighted by molar-refractivity contribution is 7.92. The molecule has 0 aliphatic heterocycles. The molecule has 0 amide bonds. The minimum absolute atomic E-state index is 0.123. The van der Waals surface area contributed by atoms with Gasteiger partial charge in [0.15, 0.2) is 0 Å². The lowest BCUT2D eigenvalue weighted by Gasteiger charge is -2.11. The van der Waals surface area contributed by atoms with E-state index in [1.54, 1.807) is 0 Å². The van der Waals surface area contributed by atoms with Gasteiger partial charge in [-0.15, -0.1) is 13.2 Å². The zero-order valence-electron chi connectivity index (χ0n) is 11.6. The molecule has 0 saturated heterocycles. The molecule has 0 radical (unpaired) electrons. The van der Waals surface area contributed by atoms with Crippen molar-refractivity contribution in [1.82, 2.24) is 4.98 Å². The Balaban J connectivity index is 2.22. The highest BCUT2D eigenvalue weighted by Gasteiger charge is 2.31. The topological polar surface area (TPSA) is 88.3 Å². The molecular formula is C13H11F3N2O4S. The van der Waals surface area contributed by atoms with Crippen molar-refractivity contribution < 1.29 is 26.3 Å². The standard InChI is InChI=1S/C13H11F3N2O4S/c1-8-6-9(7-17-12(8)19)18-23(20,21)11-4-2-10(3-5-11)22-13(14,15)16/h2-7,18H,1H3,(H,17,19). The number of aromatic nitrogens is 1. The average Bonchev–Trinajstić information content (AvgIpc) is 2.41. The number of benzene rings is 1. The third-order valence-corrected chi connectivity index (χ3v) is 4.11. The van der Waals surface area contributed by atoms with Crippen molar-refractivity contribution in [3.63, 3.8) is 0 Å². The van der Waals surface area contributed by atoms with Crippen LogP contribution >= 0.6 is 0 Å². The monoisotopic (exact) mass is 348 g/mol. The van der Waals surface area contributed by atoms with Crippen molar-refractivity contribution in [2.75, 3.05) is 4.72 Å². The van der Waals surface area contributed by atoms with Crippen LogP contribution in [0.25, 0.3) is 0 Å². The molecule has 0 aliphatic carbocycles. The highest BCUT2D eigenvalue weighted by atomic mass is 32.2. The first kappa shape index (κ1) is 16.9. The number of ether oxygens (including phenoxy) is 1. The maximum Gasteiger partial charge on any atom is 0.573 e. The van der Waals surface area contributed by atoms with Gasteiger partial charge in [0.1, 0.15) is 5.75 Å². The van der Waals surface area contributed by atoms with Gasteiger partial charge in [0.25, 0.3) is 15.6 Å². The smallest absolute Gasteiger partial charge is 0.406 e. The van der Waals surface area contributed by atoms with E-state index < -0.39 is 22.1 Å². The summed E-state index contributed by atoms with van der Waals surface area (Å²) < 4.78 is 66.3. The Morgan fingerprint density at radius 3 is 2.30 bits per heavy atom. The highest BCUT2D eigenvalue weighted by Crippen LogP contribution is 2.24. The molecule has 23 heavy (non-hydrogen) atoms. The van der Waals surface area contributed by atoms with E-state index in [1.807, 2.05) is 0 Å². The van der Waals surface area contributed by atoms with Crippen molar-refractivity contribution >= 4 is 15.7 Å². The van der Waals surface area contributed by atoms with Crippen molar-refractivity contribution in [3.8, 4) is 5.75 Å². The van der Waals surface area contributed by atoms with E-state index in [0.717, 1.165) is 24.3 Å². The van der Waals surface area contributed by atoms with Crippen LogP contribution in [0.4, 0.5) is 18.9 Å². The van der Waals surface area contributed by atoms with E-state index in [-0.39, 0.29) is 16.1 Å². The third kappa shape index (κ3) is 4.49. The number of nitrogens with one attached hydrogen (secondary N) is 2. The second-order valence-electron chi connectivity index (χ2n) is 4.53. The summed E-state index contributed by atoms with van der Waals surface area (Å²) >= 11 is 0. The summed E-state index contributed by atoms with van der Waals surface area (Å²) in [4.78, 5) is 13.3. The van der Waals surface area contributed by atoms with E-state index >= 15 is 0 Å². The first-order chi connectivity index (χ1) is 10.6. The number of hydrogen-bond donors (Lipinski definition) is 2. The molecular weight excluding hydrogens is 337 g/mol. The number of halogens is 3. The van der Waals surface area contributed by atoms with E-state index in [2.05, 4.69) is 14.4 Å². The van der Waals surface area contributed by atoms with E-state index in [1.165, 1.54) is 19.2 Å². The number of aryl methyl sites for hydroxylation is 1. The number of aromatic amines is 1. The quantitative estimate of drug-likeness (QED) is 0.888. The van der Waals surface area contributed by atoms with E-state index in [0.29, 0.717) is 5.56 Å². The molecule has 0 atom stereocenters. The molecule has 10 heteroatoms. The molecule has 6 nitrogen and oxygen atoms in total. The fourth-order valence-corrected chi connectivity index (χ4v) is 2.73. The number of sulfonamides is 1. The molecule has 2 aromatic rings. The average molecular weight is 348 g/mol. The summed E-state index contributed by atoms with van der Waals surface area (Å²) in [7, 11) is -4.01. The van der Waals surface area contributed by atoms with Gasteiger partial charge in [-0.3, -0.25) is 9.52 Å². The first-order valence-electron chi connectivity index (χ1n) is 6.15. The van der Waals surface area contributed by atoms with Crippen molar-refractivity contribution in [1.29, 1.82) is 0 Å². The van der Waals surface area contributed by atoms with Crippen LogP contribution in [0, 0.1) is 6.92 Å². The molecule has 124 valence electrons. The van der Waals surface area contributed by atoms with Crippen LogP contribution in [-0.4, -0.2) is 19.8 Å². The van der Waals surface area contributed by atoms with E-state index in [9.17, 15) is 26.4 Å². The van der Waals surface area contributed by atoms with Crippen LogP contribution < -0.4 is 15.0 Å². The molecule has 0 unspecified atom stereocenters. The molecule has 2 N–H and O–H groups in total. The largest absolute Gasteiger partial charge is 0.573 e. The van der Waals surface area contributed by atoms with Gasteiger partial charge in [-0.1, -0.05) is 0 Å². The maximum absolute atomic E-state index is 12.1. The van der Waals surface area contributed by atoms with Gasteiger partial charge in [-0.05, 0) is 37.3 Å². The Morgan fingerprint density at radius 1 is 1.17 bits per heavy atom. The Hall–Kier alpha value is -2.49. The molecule has 1 aromatic carbocycles. The number of alkyl halides is 3. The van der Waals surface area contributed by atoms with Gasteiger partial charge in [0, 0.05) is 11.8 Å². The fraction of sp³-hybridized carbons (Fsp3) is 0.154. The molecule has 0 aliphatic rings. The third-order valence-electron chi connectivity index (χ3n) is 2.71. The molecule has 2 rings (SSSR count). The lowest BCUT2D eigenvalue weighted by molar-refractivity contribution is -0.274. The predicted molar refractivity (Wildman–Crippen MR) is 75.7 cm³/mol. The van der Waals surface area contributed by atoms with Crippen LogP contribution in [0.1, 0.15) is 5.56 Å². The maximum atomic E-state index is 12.1. The van der Waals surface area contributed by atoms with Gasteiger partial charge in [0.2, 0.25) is 0 Å². The number of anilines is 1. The predicted octanol–water partition coefficient (Wildman–Crippen LogP) is 2.38.